The fourth-order valence-electron chi connectivity index (χ4n) is 2.47. The Hall–Kier alpha value is -1.85. The lowest BCUT2D eigenvalue weighted by Crippen LogP contribution is -2.43. The number of benzene rings is 2. The number of anilines is 2. The van der Waals surface area contributed by atoms with Gasteiger partial charge in [0.2, 0.25) is 8.32 Å². The van der Waals surface area contributed by atoms with Crippen LogP contribution in [0, 0.1) is 0 Å². The van der Waals surface area contributed by atoms with Gasteiger partial charge >= 0.3 is 0 Å². The van der Waals surface area contributed by atoms with Crippen LogP contribution in [0.5, 0.6) is 5.75 Å². The summed E-state index contributed by atoms with van der Waals surface area (Å²) in [5.41, 5.74) is 3.00. The van der Waals surface area contributed by atoms with Crippen LogP contribution in [0.3, 0.4) is 0 Å². The van der Waals surface area contributed by atoms with Crippen molar-refractivity contribution in [1.29, 1.82) is 0 Å². The summed E-state index contributed by atoms with van der Waals surface area (Å²) < 4.78 is 7.47. The highest BCUT2D eigenvalue weighted by Gasteiger charge is 2.38. The van der Waals surface area contributed by atoms with E-state index < -0.39 is 8.32 Å². The molecule has 136 valence electrons. The molecule has 0 saturated heterocycles. The molecule has 1 aromatic heterocycles. The minimum Gasteiger partial charge on any atom is -0.543 e. The van der Waals surface area contributed by atoms with Crippen molar-refractivity contribution >= 4 is 46.5 Å². The zero-order chi connectivity index (χ0) is 18.9. The summed E-state index contributed by atoms with van der Waals surface area (Å²) in [6.07, 6.45) is 1.83. The predicted octanol–water partition coefficient (Wildman–Crippen LogP) is 7.12. The van der Waals surface area contributed by atoms with Gasteiger partial charge < -0.3 is 9.74 Å². The van der Waals surface area contributed by atoms with E-state index in [-0.39, 0.29) is 5.04 Å². The Morgan fingerprint density at radius 2 is 1.81 bits per heavy atom. The van der Waals surface area contributed by atoms with Gasteiger partial charge in [-0.1, -0.05) is 42.8 Å². The number of halogens is 1. The smallest absolute Gasteiger partial charge is 0.250 e. The lowest BCUT2D eigenvalue weighted by molar-refractivity contribution is 0.492. The number of hydrogen-bond donors (Lipinski definition) is 1. The first-order valence-electron chi connectivity index (χ1n) is 8.76. The summed E-state index contributed by atoms with van der Waals surface area (Å²) in [5.74, 6) is 0.918. The highest BCUT2D eigenvalue weighted by Crippen LogP contribution is 2.38. The topological polar surface area (TPSA) is 34.1 Å². The quantitative estimate of drug-likeness (QED) is 0.448. The summed E-state index contributed by atoms with van der Waals surface area (Å²) in [7, 11) is -1.86. The van der Waals surface area contributed by atoms with Crippen LogP contribution in [-0.4, -0.2) is 13.3 Å². The average molecular weight is 429 g/mol. The summed E-state index contributed by atoms with van der Waals surface area (Å²) in [4.78, 5) is 4.44. The lowest BCUT2D eigenvalue weighted by Gasteiger charge is -2.36. The Labute approximate surface area is 165 Å². The van der Waals surface area contributed by atoms with Gasteiger partial charge in [-0.3, -0.25) is 4.98 Å². The van der Waals surface area contributed by atoms with Gasteiger partial charge in [0.25, 0.3) is 0 Å². The minimum absolute atomic E-state index is 0.171. The van der Waals surface area contributed by atoms with Gasteiger partial charge in [-0.2, -0.15) is 0 Å². The molecule has 0 saturated carbocycles. The van der Waals surface area contributed by atoms with Crippen LogP contribution in [0.2, 0.25) is 18.1 Å². The highest BCUT2D eigenvalue weighted by molar-refractivity contribution is 9.10. The van der Waals surface area contributed by atoms with Crippen LogP contribution < -0.4 is 9.74 Å². The van der Waals surface area contributed by atoms with Crippen molar-refractivity contribution in [3.8, 4) is 5.75 Å². The molecule has 3 rings (SSSR count). The van der Waals surface area contributed by atoms with Gasteiger partial charge in [0.05, 0.1) is 5.52 Å². The van der Waals surface area contributed by atoms with Gasteiger partial charge in [0.1, 0.15) is 5.75 Å². The molecule has 0 aliphatic rings. The van der Waals surface area contributed by atoms with Crippen molar-refractivity contribution in [3.63, 3.8) is 0 Å². The van der Waals surface area contributed by atoms with Crippen molar-refractivity contribution < 1.29 is 4.43 Å². The lowest BCUT2D eigenvalue weighted by atomic mass is 10.2. The standard InChI is InChI=1S/C21H25BrN2OSi/c1-21(2,3)26(4,5)25-17-8-6-7-16(14-17)24-20-11-12-23-19-10-9-15(22)13-18(19)20/h6-14H,1-5H3,(H,23,24). The zero-order valence-corrected chi connectivity index (χ0v) is 18.5. The molecule has 0 unspecified atom stereocenters. The highest BCUT2D eigenvalue weighted by atomic mass is 79.9. The van der Waals surface area contributed by atoms with E-state index >= 15 is 0 Å². The Morgan fingerprint density at radius 3 is 2.54 bits per heavy atom. The number of hydrogen-bond acceptors (Lipinski definition) is 3. The third-order valence-electron chi connectivity index (χ3n) is 5.00. The van der Waals surface area contributed by atoms with Gasteiger partial charge in [-0.15, -0.1) is 0 Å². The SMILES string of the molecule is CC(C)(C)[Si](C)(C)Oc1cccc(Nc2ccnc3ccc(Br)cc23)c1. The van der Waals surface area contributed by atoms with E-state index in [2.05, 4.69) is 78.3 Å². The van der Waals surface area contributed by atoms with Crippen molar-refractivity contribution in [3.05, 3.63) is 59.2 Å². The molecule has 1 heterocycles. The number of aromatic nitrogens is 1. The van der Waals surface area contributed by atoms with E-state index in [4.69, 9.17) is 4.43 Å². The molecular weight excluding hydrogens is 404 g/mol. The molecular formula is C21H25BrN2OSi. The number of nitrogens with zero attached hydrogens (tertiary/aromatic N) is 1. The summed E-state index contributed by atoms with van der Waals surface area (Å²) in [5, 5.41) is 4.77. The average Bonchev–Trinajstić information content (AvgIpc) is 2.54. The Bertz CT molecular complexity index is 935. The first-order valence-corrected chi connectivity index (χ1v) is 12.5. The minimum atomic E-state index is -1.86. The number of pyridine rings is 1. The molecule has 1 N–H and O–H groups in total. The maximum atomic E-state index is 6.43. The van der Waals surface area contributed by atoms with Gasteiger partial charge in [0.15, 0.2) is 0 Å². The fourth-order valence-corrected chi connectivity index (χ4v) is 3.85. The van der Waals surface area contributed by atoms with Crippen LogP contribution in [0.4, 0.5) is 11.4 Å². The molecule has 0 aliphatic heterocycles. The number of fused-ring (bicyclic) bond motifs is 1. The molecule has 2 aromatic carbocycles. The largest absolute Gasteiger partial charge is 0.543 e. The van der Waals surface area contributed by atoms with E-state index in [0.29, 0.717) is 0 Å². The molecule has 5 heteroatoms. The Balaban J connectivity index is 1.89. The van der Waals surface area contributed by atoms with Gasteiger partial charge in [-0.05, 0) is 54.5 Å². The maximum absolute atomic E-state index is 6.43. The Morgan fingerprint density at radius 1 is 1.04 bits per heavy atom. The molecule has 0 aliphatic carbocycles. The first kappa shape index (κ1) is 18.9. The third kappa shape index (κ3) is 4.10. The van der Waals surface area contributed by atoms with E-state index in [1.165, 1.54) is 0 Å². The van der Waals surface area contributed by atoms with Crippen LogP contribution in [0.15, 0.2) is 59.2 Å². The fraction of sp³-hybridized carbons (Fsp3) is 0.286. The van der Waals surface area contributed by atoms with Crippen molar-refractivity contribution in [2.75, 3.05) is 5.32 Å². The van der Waals surface area contributed by atoms with Crippen molar-refractivity contribution in [1.82, 2.24) is 4.98 Å². The van der Waals surface area contributed by atoms with Crippen LogP contribution in [0.1, 0.15) is 20.8 Å². The van der Waals surface area contributed by atoms with E-state index in [9.17, 15) is 0 Å². The van der Waals surface area contributed by atoms with E-state index in [0.717, 1.165) is 32.5 Å². The van der Waals surface area contributed by atoms with Crippen LogP contribution in [0.25, 0.3) is 10.9 Å². The molecule has 3 aromatic rings. The molecule has 0 atom stereocenters. The molecule has 3 nitrogen and oxygen atoms in total. The molecule has 26 heavy (non-hydrogen) atoms. The Kier molecular flexibility index (Phi) is 5.13. The zero-order valence-electron chi connectivity index (χ0n) is 15.9. The number of nitrogens with one attached hydrogen (secondary N) is 1. The molecule has 0 spiro atoms. The first-order chi connectivity index (χ1) is 12.2. The predicted molar refractivity (Wildman–Crippen MR) is 117 cm³/mol. The van der Waals surface area contributed by atoms with Gasteiger partial charge in [-0.25, -0.2) is 0 Å². The van der Waals surface area contributed by atoms with E-state index in [1.54, 1.807) is 0 Å². The second-order valence-corrected chi connectivity index (χ2v) is 13.7. The monoisotopic (exact) mass is 428 g/mol. The van der Waals surface area contributed by atoms with E-state index in [1.807, 2.05) is 36.5 Å². The second-order valence-electron chi connectivity index (χ2n) is 8.04. The summed E-state index contributed by atoms with van der Waals surface area (Å²) in [6, 6.07) is 16.3. The second kappa shape index (κ2) is 7.04. The molecule has 0 radical (unpaired) electrons. The maximum Gasteiger partial charge on any atom is 0.250 e. The van der Waals surface area contributed by atoms with Crippen LogP contribution >= 0.6 is 15.9 Å². The van der Waals surface area contributed by atoms with Crippen LogP contribution in [-0.2, 0) is 0 Å². The van der Waals surface area contributed by atoms with Crippen molar-refractivity contribution in [2.24, 2.45) is 0 Å². The normalized spacial score (nSPS) is 12.2. The molecule has 0 fully saturated rings. The molecule has 0 bridgehead atoms. The summed E-state index contributed by atoms with van der Waals surface area (Å²) >= 11 is 3.54. The summed E-state index contributed by atoms with van der Waals surface area (Å²) in [6.45, 7) is 11.3. The van der Waals surface area contributed by atoms with Crippen molar-refractivity contribution in [2.45, 2.75) is 38.9 Å². The third-order valence-corrected chi connectivity index (χ3v) is 9.85. The number of rotatable bonds is 4. The molecule has 0 amide bonds. The van der Waals surface area contributed by atoms with Gasteiger partial charge in [0, 0.05) is 33.5 Å².